The van der Waals surface area contributed by atoms with E-state index < -0.39 is 8.07 Å². The van der Waals surface area contributed by atoms with Crippen LogP contribution in [0.2, 0.25) is 19.6 Å². The Kier molecular flexibility index (Phi) is 5.54. The largest absolute Gasteiger partial charge is 0.157 e. The predicted molar refractivity (Wildman–Crippen MR) is 84.3 cm³/mol. The fourth-order valence-corrected chi connectivity index (χ4v) is 5.90. The van der Waals surface area contributed by atoms with Gasteiger partial charge in [-0.3, -0.25) is 0 Å². The van der Waals surface area contributed by atoms with Gasteiger partial charge in [0.1, 0.15) is 0 Å². The van der Waals surface area contributed by atoms with Crippen molar-refractivity contribution in [3.05, 3.63) is 48.0 Å². The second-order valence-corrected chi connectivity index (χ2v) is 12.9. The zero-order valence-electron chi connectivity index (χ0n) is 11.5. The van der Waals surface area contributed by atoms with Crippen molar-refractivity contribution in [2.45, 2.75) is 43.6 Å². The van der Waals surface area contributed by atoms with Crippen LogP contribution >= 0.6 is 11.8 Å². The standard InChI is InChI=1S/C15H24SSi/c1-13(2)11-15(17(3,4)5)16-12-14-9-7-6-8-10-14/h6-10,15H,1,11-12H2,2-5H3. The summed E-state index contributed by atoms with van der Waals surface area (Å²) < 4.78 is 0. The molecule has 0 aromatic heterocycles. The Morgan fingerprint density at radius 3 is 2.29 bits per heavy atom. The molecular weight excluding hydrogens is 240 g/mol. The minimum absolute atomic E-state index is 0.778. The van der Waals surface area contributed by atoms with Gasteiger partial charge in [-0.1, -0.05) is 55.5 Å². The third kappa shape index (κ3) is 5.60. The van der Waals surface area contributed by atoms with E-state index in [9.17, 15) is 0 Å². The lowest BCUT2D eigenvalue weighted by atomic mass is 10.2. The second-order valence-electron chi connectivity index (χ2n) is 5.81. The molecule has 0 aliphatic heterocycles. The molecule has 0 heterocycles. The molecule has 17 heavy (non-hydrogen) atoms. The first-order valence-electron chi connectivity index (χ1n) is 6.19. The summed E-state index contributed by atoms with van der Waals surface area (Å²) in [4.78, 5) is 0.778. The van der Waals surface area contributed by atoms with Crippen LogP contribution in [0.1, 0.15) is 18.9 Å². The molecular formula is C15H24SSi. The Balaban J connectivity index is 2.59. The van der Waals surface area contributed by atoms with E-state index >= 15 is 0 Å². The molecule has 0 radical (unpaired) electrons. The van der Waals surface area contributed by atoms with Crippen LogP contribution in [0.15, 0.2) is 42.5 Å². The van der Waals surface area contributed by atoms with E-state index in [1.54, 1.807) is 0 Å². The number of allylic oxidation sites excluding steroid dienone is 1. The Morgan fingerprint density at radius 2 is 1.82 bits per heavy atom. The summed E-state index contributed by atoms with van der Waals surface area (Å²) in [5, 5.41) is 0. The molecule has 0 aliphatic rings. The summed E-state index contributed by atoms with van der Waals surface area (Å²) in [7, 11) is -1.10. The molecule has 0 saturated heterocycles. The average molecular weight is 265 g/mol. The fourth-order valence-electron chi connectivity index (χ4n) is 1.70. The zero-order valence-corrected chi connectivity index (χ0v) is 13.3. The van der Waals surface area contributed by atoms with Crippen LogP contribution in [0, 0.1) is 0 Å². The Morgan fingerprint density at radius 1 is 1.24 bits per heavy atom. The van der Waals surface area contributed by atoms with Crippen LogP contribution in [-0.2, 0) is 5.75 Å². The average Bonchev–Trinajstić information content (AvgIpc) is 2.23. The molecule has 0 nitrogen and oxygen atoms in total. The normalized spacial score (nSPS) is 13.4. The Bertz CT molecular complexity index is 351. The molecule has 1 atom stereocenters. The summed E-state index contributed by atoms with van der Waals surface area (Å²) >= 11 is 2.11. The monoisotopic (exact) mass is 264 g/mol. The van der Waals surface area contributed by atoms with Crippen molar-refractivity contribution in [2.75, 3.05) is 0 Å². The van der Waals surface area contributed by atoms with E-state index in [1.807, 2.05) is 0 Å². The lowest BCUT2D eigenvalue weighted by Crippen LogP contribution is -2.36. The van der Waals surface area contributed by atoms with Crippen molar-refractivity contribution in [3.8, 4) is 0 Å². The van der Waals surface area contributed by atoms with Crippen LogP contribution in [0.3, 0.4) is 0 Å². The van der Waals surface area contributed by atoms with Crippen LogP contribution in [-0.4, -0.2) is 12.9 Å². The quantitative estimate of drug-likeness (QED) is 0.507. The maximum Gasteiger partial charge on any atom is 0.0591 e. The summed E-state index contributed by atoms with van der Waals surface area (Å²) in [5.74, 6) is 1.13. The van der Waals surface area contributed by atoms with E-state index in [4.69, 9.17) is 0 Å². The molecule has 0 amide bonds. The van der Waals surface area contributed by atoms with Gasteiger partial charge in [0.15, 0.2) is 0 Å². The molecule has 0 fully saturated rings. The van der Waals surface area contributed by atoms with E-state index in [0.717, 1.165) is 10.6 Å². The second kappa shape index (κ2) is 6.46. The van der Waals surface area contributed by atoms with Crippen molar-refractivity contribution in [3.63, 3.8) is 0 Å². The van der Waals surface area contributed by atoms with Gasteiger partial charge in [-0.25, -0.2) is 0 Å². The van der Waals surface area contributed by atoms with Gasteiger partial charge >= 0.3 is 0 Å². The third-order valence-electron chi connectivity index (χ3n) is 2.79. The van der Waals surface area contributed by atoms with Crippen molar-refractivity contribution in [1.82, 2.24) is 0 Å². The number of rotatable bonds is 6. The fraction of sp³-hybridized carbons (Fsp3) is 0.467. The minimum atomic E-state index is -1.10. The molecule has 0 saturated carbocycles. The van der Waals surface area contributed by atoms with Crippen LogP contribution in [0.5, 0.6) is 0 Å². The summed E-state index contributed by atoms with van der Waals surface area (Å²) in [5.41, 5.74) is 2.75. The van der Waals surface area contributed by atoms with Crippen LogP contribution in [0.25, 0.3) is 0 Å². The molecule has 2 heteroatoms. The smallest absolute Gasteiger partial charge is 0.0591 e. The van der Waals surface area contributed by atoms with Gasteiger partial charge in [0, 0.05) is 10.6 Å². The molecule has 0 spiro atoms. The SMILES string of the molecule is C=C(C)CC(SCc1ccccc1)[Si](C)(C)C. The first-order valence-corrected chi connectivity index (χ1v) is 10.8. The lowest BCUT2D eigenvalue weighted by Gasteiger charge is -2.28. The highest BCUT2D eigenvalue weighted by molar-refractivity contribution is 8.00. The zero-order chi connectivity index (χ0) is 12.9. The van der Waals surface area contributed by atoms with Gasteiger partial charge in [0.2, 0.25) is 0 Å². The number of hydrogen-bond acceptors (Lipinski definition) is 1. The maximum absolute atomic E-state index is 4.07. The van der Waals surface area contributed by atoms with Gasteiger partial charge in [0.05, 0.1) is 8.07 Å². The molecule has 1 aromatic rings. The molecule has 0 N–H and O–H groups in total. The highest BCUT2D eigenvalue weighted by Crippen LogP contribution is 2.30. The molecule has 94 valence electrons. The van der Waals surface area contributed by atoms with Gasteiger partial charge in [-0.2, -0.15) is 11.8 Å². The third-order valence-corrected chi connectivity index (χ3v) is 8.62. The molecule has 0 bridgehead atoms. The van der Waals surface area contributed by atoms with Crippen LogP contribution < -0.4 is 0 Å². The van der Waals surface area contributed by atoms with E-state index in [-0.39, 0.29) is 0 Å². The summed E-state index contributed by atoms with van der Waals surface area (Å²) in [6.07, 6.45) is 1.17. The van der Waals surface area contributed by atoms with Crippen molar-refractivity contribution < 1.29 is 0 Å². The highest BCUT2D eigenvalue weighted by Gasteiger charge is 2.26. The summed E-state index contributed by atoms with van der Waals surface area (Å²) in [6.45, 7) is 13.6. The Hall–Kier alpha value is -0.473. The first-order chi connectivity index (χ1) is 7.89. The van der Waals surface area contributed by atoms with E-state index in [2.05, 4.69) is 75.2 Å². The topological polar surface area (TPSA) is 0 Å². The molecule has 1 unspecified atom stereocenters. The van der Waals surface area contributed by atoms with E-state index in [0.29, 0.717) is 0 Å². The maximum atomic E-state index is 4.07. The number of thioether (sulfide) groups is 1. The lowest BCUT2D eigenvalue weighted by molar-refractivity contribution is 1.03. The van der Waals surface area contributed by atoms with Gasteiger partial charge in [-0.15, -0.1) is 6.58 Å². The molecule has 1 aromatic carbocycles. The first kappa shape index (κ1) is 14.6. The van der Waals surface area contributed by atoms with Crippen molar-refractivity contribution >= 4 is 19.8 Å². The summed E-state index contributed by atoms with van der Waals surface area (Å²) in [6, 6.07) is 10.8. The highest BCUT2D eigenvalue weighted by atomic mass is 32.2. The van der Waals surface area contributed by atoms with Crippen molar-refractivity contribution in [1.29, 1.82) is 0 Å². The van der Waals surface area contributed by atoms with Gasteiger partial charge in [-0.05, 0) is 18.9 Å². The Labute approximate surface area is 112 Å². The van der Waals surface area contributed by atoms with Gasteiger partial charge < -0.3 is 0 Å². The number of hydrogen-bond donors (Lipinski definition) is 0. The molecule has 1 rings (SSSR count). The van der Waals surface area contributed by atoms with Gasteiger partial charge in [0.25, 0.3) is 0 Å². The van der Waals surface area contributed by atoms with Crippen molar-refractivity contribution in [2.24, 2.45) is 0 Å². The molecule has 0 aliphatic carbocycles. The van der Waals surface area contributed by atoms with E-state index in [1.165, 1.54) is 17.6 Å². The van der Waals surface area contributed by atoms with Crippen LogP contribution in [0.4, 0.5) is 0 Å². The predicted octanol–water partition coefficient (Wildman–Crippen LogP) is 5.13. The number of benzene rings is 1. The minimum Gasteiger partial charge on any atom is -0.157 e.